The molecule has 2 heterocycles. The zero-order valence-electron chi connectivity index (χ0n) is 12.6. The molecular formula is C13H20N4O4. The largest absolute Gasteiger partial charge is 0.463 e. The van der Waals surface area contributed by atoms with Gasteiger partial charge in [0.15, 0.2) is 0 Å². The van der Waals surface area contributed by atoms with E-state index in [2.05, 4.69) is 5.43 Å². The smallest absolute Gasteiger partial charge is 0.332 e. The summed E-state index contributed by atoms with van der Waals surface area (Å²) in [5.74, 6) is -1.01. The van der Waals surface area contributed by atoms with Crippen molar-refractivity contribution in [1.82, 2.24) is 20.2 Å². The lowest BCUT2D eigenvalue weighted by Crippen LogP contribution is -2.61. The number of hydrazine groups is 1. The summed E-state index contributed by atoms with van der Waals surface area (Å²) in [6, 6.07) is -0.345. The highest BCUT2D eigenvalue weighted by Gasteiger charge is 2.48. The van der Waals surface area contributed by atoms with Crippen LogP contribution in [0.3, 0.4) is 0 Å². The van der Waals surface area contributed by atoms with E-state index in [-0.39, 0.29) is 17.9 Å². The third kappa shape index (κ3) is 2.71. The van der Waals surface area contributed by atoms with Crippen molar-refractivity contribution < 1.29 is 19.1 Å². The number of nitrogens with one attached hydrogen (secondary N) is 1. The van der Waals surface area contributed by atoms with Gasteiger partial charge in [-0.15, -0.1) is 0 Å². The van der Waals surface area contributed by atoms with E-state index in [1.807, 2.05) is 0 Å². The number of hydrogen-bond acceptors (Lipinski definition) is 6. The average Bonchev–Trinajstić information content (AvgIpc) is 2.88. The molecule has 2 unspecified atom stereocenters. The molecule has 8 heteroatoms. The predicted octanol–water partition coefficient (Wildman–Crippen LogP) is -0.260. The second kappa shape index (κ2) is 5.72. The van der Waals surface area contributed by atoms with Crippen LogP contribution in [0.1, 0.15) is 13.8 Å². The standard InChI is InChI=1S/C13H20N4O4/c1-5-21-10(18)6-8(2)17-7-9-11(14-17)15(3)13(20)16(4)12(9)19/h6,9,11,14H,5,7H2,1-4H3/b8-6-. The number of nitrogens with zero attached hydrogens (tertiary/aromatic N) is 3. The van der Waals surface area contributed by atoms with Gasteiger partial charge in [0, 0.05) is 32.4 Å². The van der Waals surface area contributed by atoms with Crippen LogP contribution in [0.25, 0.3) is 0 Å². The normalized spacial score (nSPS) is 26.3. The third-order valence-corrected chi connectivity index (χ3v) is 3.74. The number of allylic oxidation sites excluding steroid dienone is 1. The molecule has 0 aliphatic carbocycles. The highest BCUT2D eigenvalue weighted by molar-refractivity contribution is 5.98. The van der Waals surface area contributed by atoms with Crippen LogP contribution in [-0.2, 0) is 14.3 Å². The number of amides is 3. The second-order valence-electron chi connectivity index (χ2n) is 5.12. The number of carbonyl (C=O) groups excluding carboxylic acids is 3. The Hall–Kier alpha value is -2.09. The minimum absolute atomic E-state index is 0.220. The molecule has 0 spiro atoms. The number of hydrogen-bond donors (Lipinski definition) is 1. The van der Waals surface area contributed by atoms with Crippen LogP contribution < -0.4 is 5.43 Å². The van der Waals surface area contributed by atoms with Gasteiger partial charge in [-0.05, 0) is 13.8 Å². The van der Waals surface area contributed by atoms with Crippen molar-refractivity contribution in [2.75, 3.05) is 27.2 Å². The first-order chi connectivity index (χ1) is 9.86. The molecule has 2 rings (SSSR count). The van der Waals surface area contributed by atoms with Crippen LogP contribution in [0.4, 0.5) is 4.79 Å². The number of fused-ring (bicyclic) bond motifs is 1. The Balaban J connectivity index is 2.13. The predicted molar refractivity (Wildman–Crippen MR) is 73.4 cm³/mol. The van der Waals surface area contributed by atoms with Crippen molar-refractivity contribution in [3.05, 3.63) is 11.8 Å². The van der Waals surface area contributed by atoms with E-state index in [0.717, 1.165) is 4.90 Å². The number of ether oxygens (including phenoxy) is 1. The van der Waals surface area contributed by atoms with Gasteiger partial charge in [-0.1, -0.05) is 0 Å². The van der Waals surface area contributed by atoms with Crippen LogP contribution in [0.15, 0.2) is 11.8 Å². The maximum absolute atomic E-state index is 12.2. The van der Waals surface area contributed by atoms with Gasteiger partial charge in [-0.25, -0.2) is 15.0 Å². The Morgan fingerprint density at radius 1 is 1.43 bits per heavy atom. The number of urea groups is 1. The summed E-state index contributed by atoms with van der Waals surface area (Å²) in [4.78, 5) is 38.1. The fourth-order valence-electron chi connectivity index (χ4n) is 2.55. The summed E-state index contributed by atoms with van der Waals surface area (Å²) < 4.78 is 4.86. The van der Waals surface area contributed by atoms with Gasteiger partial charge in [0.2, 0.25) is 5.91 Å². The highest BCUT2D eigenvalue weighted by Crippen LogP contribution is 2.26. The van der Waals surface area contributed by atoms with Crippen molar-refractivity contribution in [3.8, 4) is 0 Å². The van der Waals surface area contributed by atoms with Crippen molar-refractivity contribution in [3.63, 3.8) is 0 Å². The van der Waals surface area contributed by atoms with Crippen molar-refractivity contribution in [1.29, 1.82) is 0 Å². The summed E-state index contributed by atoms with van der Waals surface area (Å²) in [6.07, 6.45) is 0.968. The second-order valence-corrected chi connectivity index (χ2v) is 5.12. The van der Waals surface area contributed by atoms with Crippen LogP contribution in [0.2, 0.25) is 0 Å². The first kappa shape index (κ1) is 15.3. The summed E-state index contributed by atoms with van der Waals surface area (Å²) >= 11 is 0. The first-order valence-electron chi connectivity index (χ1n) is 6.80. The highest BCUT2D eigenvalue weighted by atomic mass is 16.5. The lowest BCUT2D eigenvalue weighted by Gasteiger charge is -2.37. The molecule has 2 saturated heterocycles. The number of carbonyl (C=O) groups is 3. The molecule has 2 atom stereocenters. The molecule has 0 aromatic rings. The zero-order chi connectivity index (χ0) is 15.7. The molecule has 1 N–H and O–H groups in total. The molecule has 2 fully saturated rings. The first-order valence-corrected chi connectivity index (χ1v) is 6.80. The van der Waals surface area contributed by atoms with Crippen molar-refractivity contribution in [2.24, 2.45) is 5.92 Å². The molecule has 2 aliphatic rings. The van der Waals surface area contributed by atoms with Crippen LogP contribution in [-0.4, -0.2) is 66.1 Å². The van der Waals surface area contributed by atoms with Gasteiger partial charge in [-0.3, -0.25) is 9.69 Å². The summed E-state index contributed by atoms with van der Waals surface area (Å²) in [7, 11) is 3.12. The lowest BCUT2D eigenvalue weighted by atomic mass is 10.0. The fraction of sp³-hybridized carbons (Fsp3) is 0.615. The maximum atomic E-state index is 12.2. The van der Waals surface area contributed by atoms with Gasteiger partial charge >= 0.3 is 12.0 Å². The van der Waals surface area contributed by atoms with Crippen LogP contribution in [0.5, 0.6) is 0 Å². The number of esters is 1. The van der Waals surface area contributed by atoms with Crippen molar-refractivity contribution >= 4 is 17.9 Å². The lowest BCUT2D eigenvalue weighted by molar-refractivity contribution is -0.137. The zero-order valence-corrected chi connectivity index (χ0v) is 12.6. The molecule has 0 aromatic carbocycles. The molecule has 2 aliphatic heterocycles. The molecule has 0 radical (unpaired) electrons. The van der Waals surface area contributed by atoms with Crippen molar-refractivity contribution in [2.45, 2.75) is 20.0 Å². The Morgan fingerprint density at radius 3 is 2.71 bits per heavy atom. The van der Waals surface area contributed by atoms with E-state index in [1.165, 1.54) is 18.0 Å². The summed E-state index contributed by atoms with van der Waals surface area (Å²) in [5.41, 5.74) is 3.72. The van der Waals surface area contributed by atoms with Gasteiger partial charge in [0.05, 0.1) is 12.5 Å². The molecule has 21 heavy (non-hydrogen) atoms. The van der Waals surface area contributed by atoms with E-state index in [9.17, 15) is 14.4 Å². The van der Waals surface area contributed by atoms with E-state index in [4.69, 9.17) is 4.74 Å². The average molecular weight is 296 g/mol. The van der Waals surface area contributed by atoms with Gasteiger partial charge in [0.25, 0.3) is 0 Å². The SMILES string of the molecule is CCOC(=O)/C=C(/C)N1CC2C(=O)N(C)C(=O)N(C)C2N1. The Morgan fingerprint density at radius 2 is 2.10 bits per heavy atom. The maximum Gasteiger partial charge on any atom is 0.332 e. The molecule has 0 aromatic heterocycles. The van der Waals surface area contributed by atoms with Crippen LogP contribution >= 0.6 is 0 Å². The number of rotatable bonds is 3. The Bertz CT molecular complexity index is 504. The van der Waals surface area contributed by atoms with E-state index in [1.54, 1.807) is 25.9 Å². The molecule has 8 nitrogen and oxygen atoms in total. The molecular weight excluding hydrogens is 276 g/mol. The minimum Gasteiger partial charge on any atom is -0.463 e. The molecule has 0 saturated carbocycles. The van der Waals surface area contributed by atoms with Gasteiger partial charge in [-0.2, -0.15) is 0 Å². The molecule has 3 amide bonds. The Labute approximate surface area is 123 Å². The summed E-state index contributed by atoms with van der Waals surface area (Å²) in [6.45, 7) is 4.19. The van der Waals surface area contributed by atoms with E-state index >= 15 is 0 Å². The van der Waals surface area contributed by atoms with E-state index in [0.29, 0.717) is 18.8 Å². The molecule has 116 valence electrons. The summed E-state index contributed by atoms with van der Waals surface area (Å²) in [5, 5.41) is 1.70. The quantitative estimate of drug-likeness (QED) is 0.571. The Kier molecular flexibility index (Phi) is 4.17. The van der Waals surface area contributed by atoms with Crippen LogP contribution in [0, 0.1) is 5.92 Å². The minimum atomic E-state index is -0.431. The van der Waals surface area contributed by atoms with Gasteiger partial charge in [0.1, 0.15) is 6.17 Å². The van der Waals surface area contributed by atoms with Gasteiger partial charge < -0.3 is 14.6 Å². The topological polar surface area (TPSA) is 82.2 Å². The fourth-order valence-corrected chi connectivity index (χ4v) is 2.55. The number of imide groups is 1. The third-order valence-electron chi connectivity index (χ3n) is 3.74. The van der Waals surface area contributed by atoms with E-state index < -0.39 is 12.1 Å². The molecule has 0 bridgehead atoms. The monoisotopic (exact) mass is 296 g/mol.